The minimum Gasteiger partial charge on any atom is -0.497 e. The van der Waals surface area contributed by atoms with Gasteiger partial charge in [-0.3, -0.25) is 9.79 Å². The lowest BCUT2D eigenvalue weighted by Crippen LogP contribution is -2.52. The molecule has 2 aromatic carbocycles. The Labute approximate surface area is 185 Å². The molecule has 0 bridgehead atoms. The maximum absolute atomic E-state index is 12.2. The number of aliphatic imine (C=N–C) groups is 1. The van der Waals surface area contributed by atoms with E-state index in [0.717, 1.165) is 50.0 Å². The van der Waals surface area contributed by atoms with Gasteiger partial charge < -0.3 is 25.2 Å². The van der Waals surface area contributed by atoms with E-state index in [1.165, 1.54) is 5.69 Å². The number of carbonyl (C=O) groups is 1. The van der Waals surface area contributed by atoms with Crippen LogP contribution >= 0.6 is 0 Å². The molecule has 1 saturated heterocycles. The summed E-state index contributed by atoms with van der Waals surface area (Å²) >= 11 is 0. The number of nitrogens with one attached hydrogen (secondary N) is 2. The second-order valence-electron chi connectivity index (χ2n) is 7.42. The highest BCUT2D eigenvalue weighted by Crippen LogP contribution is 2.22. The highest BCUT2D eigenvalue weighted by Gasteiger charge is 2.20. The van der Waals surface area contributed by atoms with Gasteiger partial charge in [-0.15, -0.1) is 0 Å². The maximum atomic E-state index is 12.2. The van der Waals surface area contributed by atoms with Crippen LogP contribution in [-0.4, -0.2) is 63.1 Å². The number of guanidine groups is 1. The Balaban J connectivity index is 1.47. The summed E-state index contributed by atoms with van der Waals surface area (Å²) in [6.45, 7) is 7.47. The van der Waals surface area contributed by atoms with Crippen molar-refractivity contribution in [2.75, 3.05) is 51.3 Å². The van der Waals surface area contributed by atoms with Crippen molar-refractivity contribution < 1.29 is 9.53 Å². The van der Waals surface area contributed by atoms with Crippen LogP contribution in [0.3, 0.4) is 0 Å². The molecular formula is C24H33N5O2. The molecule has 2 N–H and O–H groups in total. The monoisotopic (exact) mass is 423 g/mol. The largest absolute Gasteiger partial charge is 0.497 e. The Morgan fingerprint density at radius 1 is 1.03 bits per heavy atom. The van der Waals surface area contributed by atoms with Crippen LogP contribution in [0.4, 0.5) is 5.69 Å². The molecule has 0 spiro atoms. The van der Waals surface area contributed by atoms with E-state index >= 15 is 0 Å². The number of amides is 1. The normalized spacial score (nSPS) is 14.3. The van der Waals surface area contributed by atoms with E-state index < -0.39 is 0 Å². The summed E-state index contributed by atoms with van der Waals surface area (Å²) in [4.78, 5) is 21.5. The van der Waals surface area contributed by atoms with E-state index in [1.807, 2.05) is 42.5 Å². The third-order valence-corrected chi connectivity index (χ3v) is 5.27. The van der Waals surface area contributed by atoms with Crippen LogP contribution in [0.1, 0.15) is 18.9 Å². The van der Waals surface area contributed by atoms with E-state index in [4.69, 9.17) is 4.74 Å². The number of benzene rings is 2. The van der Waals surface area contributed by atoms with Crippen molar-refractivity contribution in [1.29, 1.82) is 0 Å². The summed E-state index contributed by atoms with van der Waals surface area (Å²) in [5.41, 5.74) is 2.28. The van der Waals surface area contributed by atoms with Gasteiger partial charge in [0.05, 0.1) is 13.7 Å². The first-order valence-corrected chi connectivity index (χ1v) is 10.9. The second-order valence-corrected chi connectivity index (χ2v) is 7.42. The lowest BCUT2D eigenvalue weighted by atomic mass is 10.2. The molecule has 0 radical (unpaired) electrons. The maximum Gasteiger partial charge on any atom is 0.222 e. The van der Waals surface area contributed by atoms with Crippen molar-refractivity contribution in [3.63, 3.8) is 0 Å². The molecule has 1 fully saturated rings. The molecule has 1 aliphatic rings. The number of hydrogen-bond acceptors (Lipinski definition) is 4. The fourth-order valence-electron chi connectivity index (χ4n) is 3.56. The lowest BCUT2D eigenvalue weighted by molar-refractivity contribution is -0.121. The molecule has 0 aliphatic carbocycles. The number of hydrogen-bond donors (Lipinski definition) is 2. The van der Waals surface area contributed by atoms with Crippen molar-refractivity contribution in [1.82, 2.24) is 15.5 Å². The molecule has 31 heavy (non-hydrogen) atoms. The number of carbonyl (C=O) groups excluding carboxylic acids is 1. The Morgan fingerprint density at radius 2 is 1.81 bits per heavy atom. The van der Waals surface area contributed by atoms with Crippen molar-refractivity contribution in [3.05, 3.63) is 60.2 Å². The van der Waals surface area contributed by atoms with Gasteiger partial charge in [0, 0.05) is 57.4 Å². The van der Waals surface area contributed by atoms with E-state index in [2.05, 4.69) is 44.5 Å². The van der Waals surface area contributed by atoms with Crippen LogP contribution in [0, 0.1) is 0 Å². The van der Waals surface area contributed by atoms with Gasteiger partial charge in [0.2, 0.25) is 5.91 Å². The summed E-state index contributed by atoms with van der Waals surface area (Å²) in [6, 6.07) is 18.1. The topological polar surface area (TPSA) is 69.2 Å². The van der Waals surface area contributed by atoms with Gasteiger partial charge in [-0.1, -0.05) is 36.4 Å². The summed E-state index contributed by atoms with van der Waals surface area (Å²) in [5.74, 6) is 1.77. The lowest BCUT2D eigenvalue weighted by Gasteiger charge is -2.37. The quantitative estimate of drug-likeness (QED) is 0.504. The molecule has 1 heterocycles. The highest BCUT2D eigenvalue weighted by atomic mass is 16.5. The average molecular weight is 424 g/mol. The molecule has 7 heteroatoms. The van der Waals surface area contributed by atoms with E-state index in [9.17, 15) is 4.79 Å². The number of anilines is 1. The molecule has 7 nitrogen and oxygen atoms in total. The van der Waals surface area contributed by atoms with Crippen LogP contribution in [-0.2, 0) is 11.3 Å². The molecule has 0 atom stereocenters. The van der Waals surface area contributed by atoms with Crippen LogP contribution in [0.15, 0.2) is 59.6 Å². The zero-order chi connectivity index (χ0) is 21.9. The van der Waals surface area contributed by atoms with Gasteiger partial charge in [-0.05, 0) is 24.6 Å². The summed E-state index contributed by atoms with van der Waals surface area (Å²) < 4.78 is 5.34. The van der Waals surface area contributed by atoms with Crippen LogP contribution in [0.2, 0.25) is 0 Å². The first kappa shape index (κ1) is 22.5. The van der Waals surface area contributed by atoms with Crippen molar-refractivity contribution >= 4 is 17.6 Å². The summed E-state index contributed by atoms with van der Waals surface area (Å²) in [7, 11) is 1.69. The molecule has 166 valence electrons. The predicted octanol–water partition coefficient (Wildman–Crippen LogP) is 2.49. The van der Waals surface area contributed by atoms with Crippen molar-refractivity contribution in [3.8, 4) is 5.75 Å². The fourth-order valence-corrected chi connectivity index (χ4v) is 3.56. The minimum absolute atomic E-state index is 0.0197. The molecular weight excluding hydrogens is 390 g/mol. The van der Waals surface area contributed by atoms with Crippen molar-refractivity contribution in [2.45, 2.75) is 19.9 Å². The first-order chi connectivity index (χ1) is 15.2. The number of piperazine rings is 1. The summed E-state index contributed by atoms with van der Waals surface area (Å²) in [6.07, 6.45) is 0.380. The predicted molar refractivity (Wildman–Crippen MR) is 126 cm³/mol. The van der Waals surface area contributed by atoms with Gasteiger partial charge in [0.1, 0.15) is 5.75 Å². The third-order valence-electron chi connectivity index (χ3n) is 5.27. The van der Waals surface area contributed by atoms with E-state index in [-0.39, 0.29) is 5.91 Å². The molecule has 3 rings (SSSR count). The zero-order valence-corrected chi connectivity index (χ0v) is 18.5. The second kappa shape index (κ2) is 11.8. The van der Waals surface area contributed by atoms with Gasteiger partial charge in [-0.2, -0.15) is 0 Å². The van der Waals surface area contributed by atoms with E-state index in [0.29, 0.717) is 19.5 Å². The van der Waals surface area contributed by atoms with Gasteiger partial charge in [-0.25, -0.2) is 0 Å². The molecule has 0 aromatic heterocycles. The number of rotatable bonds is 8. The molecule has 1 amide bonds. The minimum atomic E-state index is 0.0197. The number of methoxy groups -OCH3 is 1. The standard InChI is InChI=1S/C24H33N5O2/c1-3-25-24(26-13-12-23(30)27-19-20-8-5-4-6-9-20)29-16-14-28(15-17-29)21-10-7-11-22(18-21)31-2/h4-11,18H,3,12-17,19H2,1-2H3,(H,25,26)(H,27,30). The van der Waals surface area contributed by atoms with Crippen LogP contribution in [0.5, 0.6) is 5.75 Å². The van der Waals surface area contributed by atoms with Crippen LogP contribution < -0.4 is 20.3 Å². The Bertz CT molecular complexity index is 848. The Hall–Kier alpha value is -3.22. The molecule has 1 aliphatic heterocycles. The third kappa shape index (κ3) is 6.91. The van der Waals surface area contributed by atoms with E-state index in [1.54, 1.807) is 7.11 Å². The average Bonchev–Trinajstić information content (AvgIpc) is 2.83. The summed E-state index contributed by atoms with van der Waals surface area (Å²) in [5, 5.41) is 6.32. The molecule has 2 aromatic rings. The fraction of sp³-hybridized carbons (Fsp3) is 0.417. The molecule has 0 saturated carbocycles. The number of ether oxygens (including phenoxy) is 1. The molecule has 0 unspecified atom stereocenters. The first-order valence-electron chi connectivity index (χ1n) is 10.9. The zero-order valence-electron chi connectivity index (χ0n) is 18.5. The van der Waals surface area contributed by atoms with Gasteiger partial charge >= 0.3 is 0 Å². The van der Waals surface area contributed by atoms with Crippen molar-refractivity contribution in [2.24, 2.45) is 4.99 Å². The Kier molecular flexibility index (Phi) is 8.58. The van der Waals surface area contributed by atoms with Gasteiger partial charge in [0.15, 0.2) is 5.96 Å². The SMILES string of the molecule is CCNC(=NCCC(=O)NCc1ccccc1)N1CCN(c2cccc(OC)c2)CC1. The van der Waals surface area contributed by atoms with Crippen LogP contribution in [0.25, 0.3) is 0 Å². The highest BCUT2D eigenvalue weighted by molar-refractivity contribution is 5.81. The smallest absolute Gasteiger partial charge is 0.222 e. The Morgan fingerprint density at radius 3 is 2.52 bits per heavy atom. The number of nitrogens with zero attached hydrogens (tertiary/aromatic N) is 3. The van der Waals surface area contributed by atoms with Gasteiger partial charge in [0.25, 0.3) is 0 Å².